The lowest BCUT2D eigenvalue weighted by molar-refractivity contribution is -0.114. The van der Waals surface area contributed by atoms with Crippen LogP contribution in [0.15, 0.2) is 35.2 Å². The Morgan fingerprint density at radius 2 is 1.97 bits per heavy atom. The van der Waals surface area contributed by atoms with Crippen molar-refractivity contribution in [1.29, 1.82) is 5.41 Å². The lowest BCUT2D eigenvalue weighted by atomic mass is 10.1. The molecule has 1 N–H and O–H groups in total. The van der Waals surface area contributed by atoms with Crippen LogP contribution in [0.2, 0.25) is 0 Å². The zero-order valence-electron chi connectivity index (χ0n) is 17.2. The summed E-state index contributed by atoms with van der Waals surface area (Å²) >= 11 is 2.64. The molecule has 0 spiro atoms. The molecule has 1 aliphatic heterocycles. The summed E-state index contributed by atoms with van der Waals surface area (Å²) in [4.78, 5) is 13.6. The van der Waals surface area contributed by atoms with E-state index in [9.17, 15) is 4.79 Å². The van der Waals surface area contributed by atoms with Gasteiger partial charge >= 0.3 is 0 Å². The first-order valence-corrected chi connectivity index (χ1v) is 11.2. The number of rotatable bonds is 5. The molecule has 8 heteroatoms. The molecule has 3 aromatic rings. The van der Waals surface area contributed by atoms with E-state index in [1.807, 2.05) is 51.1 Å². The molecule has 154 valence electrons. The zero-order valence-corrected chi connectivity index (χ0v) is 18.9. The number of aromatic nitrogens is 3. The van der Waals surface area contributed by atoms with Crippen LogP contribution in [0.1, 0.15) is 39.8 Å². The number of allylic oxidation sites excluding steroid dienone is 1. The number of nitrogens with one attached hydrogen (secondary N) is 1. The molecule has 30 heavy (non-hydrogen) atoms. The third-order valence-electron chi connectivity index (χ3n) is 5.11. The standard InChI is InChI=1S/C22H22N4O2S2/c1-5-18-24-25-22(30-18)19-20(27)17(29-21(19)23)11-14-10-12(2)26(13(14)3)15-6-8-16(28-4)9-7-15/h6-11,19,23H,5H2,1-4H3/b17-11-,23-21?/t19-/m1/s1. The molecule has 0 bridgehead atoms. The molecule has 1 fully saturated rings. The summed E-state index contributed by atoms with van der Waals surface area (Å²) in [5.41, 5.74) is 4.12. The summed E-state index contributed by atoms with van der Waals surface area (Å²) in [6.07, 6.45) is 2.67. The summed E-state index contributed by atoms with van der Waals surface area (Å²) in [7, 11) is 1.65. The molecule has 3 heterocycles. The van der Waals surface area contributed by atoms with Gasteiger partial charge in [-0.2, -0.15) is 0 Å². The van der Waals surface area contributed by atoms with Gasteiger partial charge in [0.2, 0.25) is 0 Å². The Balaban J connectivity index is 1.66. The van der Waals surface area contributed by atoms with Gasteiger partial charge in [0.25, 0.3) is 0 Å². The van der Waals surface area contributed by atoms with Gasteiger partial charge < -0.3 is 9.30 Å². The molecular formula is C22H22N4O2S2. The van der Waals surface area contributed by atoms with Gasteiger partial charge in [-0.1, -0.05) is 18.7 Å². The number of benzene rings is 1. The topological polar surface area (TPSA) is 80.9 Å². The third kappa shape index (κ3) is 3.61. The maximum atomic E-state index is 13.1. The first-order valence-electron chi connectivity index (χ1n) is 9.60. The second-order valence-corrected chi connectivity index (χ2v) is 9.20. The number of ketones is 1. The highest BCUT2D eigenvalue weighted by molar-refractivity contribution is 8.19. The summed E-state index contributed by atoms with van der Waals surface area (Å²) in [6, 6.07) is 9.95. The van der Waals surface area contributed by atoms with Gasteiger partial charge in [-0.3, -0.25) is 10.2 Å². The molecule has 2 aromatic heterocycles. The molecule has 0 amide bonds. The van der Waals surface area contributed by atoms with Crippen LogP contribution in [-0.4, -0.2) is 32.7 Å². The predicted octanol–water partition coefficient (Wildman–Crippen LogP) is 4.93. The molecule has 1 aromatic carbocycles. The van der Waals surface area contributed by atoms with Crippen molar-refractivity contribution in [2.75, 3.05) is 7.11 Å². The molecule has 6 nitrogen and oxygen atoms in total. The van der Waals surface area contributed by atoms with Gasteiger partial charge in [-0.25, -0.2) is 0 Å². The highest BCUT2D eigenvalue weighted by Crippen LogP contribution is 2.42. The number of hydrogen-bond acceptors (Lipinski definition) is 7. The van der Waals surface area contributed by atoms with Crippen molar-refractivity contribution >= 4 is 40.0 Å². The second kappa shape index (κ2) is 8.20. The fourth-order valence-electron chi connectivity index (χ4n) is 3.54. The molecule has 1 saturated heterocycles. The number of Topliss-reactive ketones (excluding diaryl/α,β-unsaturated/α-hetero) is 1. The summed E-state index contributed by atoms with van der Waals surface area (Å²) in [5, 5.41) is 18.4. The number of ether oxygens (including phenoxy) is 1. The maximum absolute atomic E-state index is 13.1. The van der Waals surface area contributed by atoms with Crippen molar-refractivity contribution in [1.82, 2.24) is 14.8 Å². The van der Waals surface area contributed by atoms with E-state index in [2.05, 4.69) is 20.8 Å². The highest BCUT2D eigenvalue weighted by Gasteiger charge is 2.39. The van der Waals surface area contributed by atoms with Crippen LogP contribution in [0.3, 0.4) is 0 Å². The van der Waals surface area contributed by atoms with E-state index in [4.69, 9.17) is 10.1 Å². The fourth-order valence-corrected chi connectivity index (χ4v) is 5.49. The molecule has 0 unspecified atom stereocenters. The third-order valence-corrected chi connectivity index (χ3v) is 7.23. The van der Waals surface area contributed by atoms with Crippen molar-refractivity contribution < 1.29 is 9.53 Å². The molecule has 1 aliphatic rings. The van der Waals surface area contributed by atoms with Crippen molar-refractivity contribution in [3.63, 3.8) is 0 Å². The quantitative estimate of drug-likeness (QED) is 0.571. The van der Waals surface area contributed by atoms with E-state index in [-0.39, 0.29) is 5.78 Å². The number of aryl methyl sites for hydroxylation is 2. The average Bonchev–Trinajstić information content (AvgIpc) is 3.39. The first-order chi connectivity index (χ1) is 14.4. The Bertz CT molecular complexity index is 1160. The zero-order chi connectivity index (χ0) is 21.4. The summed E-state index contributed by atoms with van der Waals surface area (Å²) in [6.45, 7) is 6.08. The van der Waals surface area contributed by atoms with E-state index in [0.717, 1.165) is 39.8 Å². The summed E-state index contributed by atoms with van der Waals surface area (Å²) in [5.74, 6) is 0.117. The molecule has 1 atom stereocenters. The van der Waals surface area contributed by atoms with Crippen LogP contribution in [0, 0.1) is 19.3 Å². The monoisotopic (exact) mass is 438 g/mol. The van der Waals surface area contributed by atoms with Crippen LogP contribution >= 0.6 is 23.1 Å². The molecule has 4 rings (SSSR count). The highest BCUT2D eigenvalue weighted by atomic mass is 32.2. The van der Waals surface area contributed by atoms with Crippen molar-refractivity contribution in [2.45, 2.75) is 33.1 Å². The van der Waals surface area contributed by atoms with Crippen LogP contribution in [0.4, 0.5) is 0 Å². The van der Waals surface area contributed by atoms with Gasteiger partial charge in [-0.15, -0.1) is 21.5 Å². The Morgan fingerprint density at radius 1 is 1.23 bits per heavy atom. The van der Waals surface area contributed by atoms with E-state index in [1.54, 1.807) is 7.11 Å². The van der Waals surface area contributed by atoms with Gasteiger partial charge in [0, 0.05) is 17.1 Å². The SMILES string of the molecule is CCc1nnc([C@H]2C(=N)S/C(=C\c3cc(C)n(-c4ccc(OC)cc4)c3C)C2=O)s1. The lowest BCUT2D eigenvalue weighted by Gasteiger charge is -2.10. The van der Waals surface area contributed by atoms with Crippen LogP contribution in [0.5, 0.6) is 5.75 Å². The van der Waals surface area contributed by atoms with Crippen molar-refractivity contribution in [2.24, 2.45) is 0 Å². The van der Waals surface area contributed by atoms with Crippen molar-refractivity contribution in [3.05, 3.63) is 62.2 Å². The molecular weight excluding hydrogens is 416 g/mol. The minimum atomic E-state index is -0.621. The minimum Gasteiger partial charge on any atom is -0.497 e. The number of hydrogen-bond donors (Lipinski definition) is 1. The van der Waals surface area contributed by atoms with E-state index >= 15 is 0 Å². The van der Waals surface area contributed by atoms with Crippen LogP contribution in [-0.2, 0) is 11.2 Å². The van der Waals surface area contributed by atoms with Crippen molar-refractivity contribution in [3.8, 4) is 11.4 Å². The summed E-state index contributed by atoms with van der Waals surface area (Å²) < 4.78 is 7.40. The minimum absolute atomic E-state index is 0.0712. The van der Waals surface area contributed by atoms with Gasteiger partial charge in [0.15, 0.2) is 5.78 Å². The average molecular weight is 439 g/mol. The van der Waals surface area contributed by atoms with E-state index in [1.165, 1.54) is 23.1 Å². The number of nitrogens with zero attached hydrogens (tertiary/aromatic N) is 3. The Morgan fingerprint density at radius 3 is 2.60 bits per heavy atom. The second-order valence-electron chi connectivity index (χ2n) is 7.02. The number of carbonyl (C=O) groups excluding carboxylic acids is 1. The Labute approximate surface area is 183 Å². The van der Waals surface area contributed by atoms with Gasteiger partial charge in [-0.05, 0) is 62.2 Å². The Hall–Kier alpha value is -2.71. The maximum Gasteiger partial charge on any atom is 0.186 e. The number of carbonyl (C=O) groups is 1. The largest absolute Gasteiger partial charge is 0.497 e. The lowest BCUT2D eigenvalue weighted by Crippen LogP contribution is -2.11. The number of thioether (sulfide) groups is 1. The molecule has 0 aliphatic carbocycles. The molecule has 0 radical (unpaired) electrons. The van der Waals surface area contributed by atoms with Gasteiger partial charge in [0.05, 0.1) is 17.1 Å². The first kappa shape index (κ1) is 20.6. The molecule has 0 saturated carbocycles. The Kier molecular flexibility index (Phi) is 5.62. The smallest absolute Gasteiger partial charge is 0.186 e. The van der Waals surface area contributed by atoms with Gasteiger partial charge in [0.1, 0.15) is 21.7 Å². The number of methoxy groups -OCH3 is 1. The van der Waals surface area contributed by atoms with E-state index < -0.39 is 5.92 Å². The van der Waals surface area contributed by atoms with E-state index in [0.29, 0.717) is 15.0 Å². The van der Waals surface area contributed by atoms with Crippen LogP contribution in [0.25, 0.3) is 11.8 Å². The predicted molar refractivity (Wildman–Crippen MR) is 122 cm³/mol. The normalized spacial score (nSPS) is 17.9. The fraction of sp³-hybridized carbons (Fsp3) is 0.273. The van der Waals surface area contributed by atoms with Crippen LogP contribution < -0.4 is 4.74 Å².